The molecule has 2 aliphatic heterocycles. The summed E-state index contributed by atoms with van der Waals surface area (Å²) in [6.07, 6.45) is 4.43. The maximum atomic E-state index is 12.9. The van der Waals surface area contributed by atoms with E-state index < -0.39 is 18.2 Å². The third-order valence-electron chi connectivity index (χ3n) is 5.31. The molecule has 4 rings (SSSR count). The molecule has 2 aromatic rings. The molecular weight excluding hydrogens is 462 g/mol. The lowest BCUT2D eigenvalue weighted by Crippen LogP contribution is -2.48. The number of anilines is 3. The number of terminal acetylenes is 1. The van der Waals surface area contributed by atoms with E-state index in [0.29, 0.717) is 35.8 Å². The van der Waals surface area contributed by atoms with Crippen molar-refractivity contribution in [2.24, 2.45) is 0 Å². The molecular formula is C23H22ClN5O5. The van der Waals surface area contributed by atoms with Crippen molar-refractivity contribution in [3.63, 3.8) is 0 Å². The maximum Gasteiger partial charge on any atom is 0.340 e. The molecule has 0 radical (unpaired) electrons. The Balaban J connectivity index is 1.43. The molecule has 2 heterocycles. The SMILES string of the molecule is C#Cc1ccc(NC(=O)N2C[C@@H](O)CN2C(=O)Nc2ccc(N3CCOCC3=O)c(Cl)c2)cc1. The first-order chi connectivity index (χ1) is 16.4. The highest BCUT2D eigenvalue weighted by Crippen LogP contribution is 2.30. The molecule has 2 aromatic carbocycles. The number of nitrogens with zero attached hydrogens (tertiary/aromatic N) is 3. The van der Waals surface area contributed by atoms with Crippen LogP contribution in [0.2, 0.25) is 5.02 Å². The van der Waals surface area contributed by atoms with Crippen molar-refractivity contribution in [1.29, 1.82) is 0 Å². The zero-order chi connectivity index (χ0) is 24.2. The van der Waals surface area contributed by atoms with Crippen LogP contribution < -0.4 is 15.5 Å². The van der Waals surface area contributed by atoms with Gasteiger partial charge >= 0.3 is 12.1 Å². The molecule has 34 heavy (non-hydrogen) atoms. The molecule has 11 heteroatoms. The van der Waals surface area contributed by atoms with Crippen molar-refractivity contribution in [3.8, 4) is 12.3 Å². The number of rotatable bonds is 3. The Bertz CT molecular complexity index is 1150. The van der Waals surface area contributed by atoms with E-state index in [9.17, 15) is 19.5 Å². The number of carbonyl (C=O) groups is 3. The van der Waals surface area contributed by atoms with Crippen LogP contribution in [0.4, 0.5) is 26.7 Å². The summed E-state index contributed by atoms with van der Waals surface area (Å²) < 4.78 is 5.13. The summed E-state index contributed by atoms with van der Waals surface area (Å²) in [5, 5.41) is 17.9. The van der Waals surface area contributed by atoms with E-state index >= 15 is 0 Å². The number of hydrazine groups is 1. The van der Waals surface area contributed by atoms with E-state index in [4.69, 9.17) is 22.8 Å². The van der Waals surface area contributed by atoms with Crippen LogP contribution in [0, 0.1) is 12.3 Å². The fourth-order valence-corrected chi connectivity index (χ4v) is 3.92. The van der Waals surface area contributed by atoms with Crippen LogP contribution in [0.3, 0.4) is 0 Å². The number of urea groups is 2. The second-order valence-electron chi connectivity index (χ2n) is 7.66. The fraction of sp³-hybridized carbons (Fsp3) is 0.261. The summed E-state index contributed by atoms with van der Waals surface area (Å²) in [5.41, 5.74) is 2.04. The summed E-state index contributed by atoms with van der Waals surface area (Å²) in [6, 6.07) is 10.2. The van der Waals surface area contributed by atoms with Gasteiger partial charge in [0.2, 0.25) is 0 Å². The van der Waals surface area contributed by atoms with Gasteiger partial charge in [-0.3, -0.25) is 4.79 Å². The summed E-state index contributed by atoms with van der Waals surface area (Å²) in [4.78, 5) is 39.2. The van der Waals surface area contributed by atoms with Crippen LogP contribution in [0.15, 0.2) is 42.5 Å². The van der Waals surface area contributed by atoms with Gasteiger partial charge in [-0.25, -0.2) is 19.6 Å². The Morgan fingerprint density at radius 1 is 1.06 bits per heavy atom. The fourth-order valence-electron chi connectivity index (χ4n) is 3.64. The molecule has 0 aliphatic carbocycles. The highest BCUT2D eigenvalue weighted by Gasteiger charge is 2.36. The van der Waals surface area contributed by atoms with E-state index in [1.807, 2.05) is 0 Å². The van der Waals surface area contributed by atoms with Gasteiger partial charge in [-0.1, -0.05) is 17.5 Å². The van der Waals surface area contributed by atoms with Crippen molar-refractivity contribution in [1.82, 2.24) is 10.0 Å². The molecule has 2 fully saturated rings. The van der Waals surface area contributed by atoms with Crippen LogP contribution in [0.25, 0.3) is 0 Å². The first-order valence-electron chi connectivity index (χ1n) is 10.4. The highest BCUT2D eigenvalue weighted by molar-refractivity contribution is 6.34. The van der Waals surface area contributed by atoms with E-state index in [1.54, 1.807) is 36.4 Å². The minimum Gasteiger partial charge on any atom is -0.389 e. The number of β-amino-alcohol motifs (C(OH)–C–C–N with tert-alkyl or cyclic N) is 1. The van der Waals surface area contributed by atoms with E-state index in [2.05, 4.69) is 16.6 Å². The normalized spacial score (nSPS) is 18.0. The molecule has 0 saturated carbocycles. The zero-order valence-corrected chi connectivity index (χ0v) is 18.8. The van der Waals surface area contributed by atoms with E-state index in [-0.39, 0.29) is 30.6 Å². The Morgan fingerprint density at radius 2 is 1.68 bits per heavy atom. The molecule has 1 atom stereocenters. The summed E-state index contributed by atoms with van der Waals surface area (Å²) in [7, 11) is 0. The first kappa shape index (κ1) is 23.4. The summed E-state index contributed by atoms with van der Waals surface area (Å²) in [6.45, 7) is 0.650. The van der Waals surface area contributed by atoms with Gasteiger partial charge in [0.25, 0.3) is 5.91 Å². The number of hydrogen-bond donors (Lipinski definition) is 3. The van der Waals surface area contributed by atoms with Gasteiger partial charge in [0, 0.05) is 23.5 Å². The van der Waals surface area contributed by atoms with E-state index in [0.717, 1.165) is 10.0 Å². The minimum absolute atomic E-state index is 0.0158. The van der Waals surface area contributed by atoms with Gasteiger partial charge in [0.1, 0.15) is 6.61 Å². The maximum absolute atomic E-state index is 12.9. The van der Waals surface area contributed by atoms with Crippen LogP contribution in [-0.2, 0) is 9.53 Å². The number of hydrogen-bond acceptors (Lipinski definition) is 5. The van der Waals surface area contributed by atoms with Crippen LogP contribution >= 0.6 is 11.6 Å². The van der Waals surface area contributed by atoms with Crippen molar-refractivity contribution >= 4 is 46.6 Å². The molecule has 176 valence electrons. The van der Waals surface area contributed by atoms with Gasteiger partial charge in [-0.2, -0.15) is 0 Å². The number of amides is 5. The topological polar surface area (TPSA) is 114 Å². The third-order valence-corrected chi connectivity index (χ3v) is 5.61. The van der Waals surface area contributed by atoms with Crippen LogP contribution in [0.1, 0.15) is 5.56 Å². The Morgan fingerprint density at radius 3 is 2.26 bits per heavy atom. The summed E-state index contributed by atoms with van der Waals surface area (Å²) in [5.74, 6) is 2.29. The van der Waals surface area contributed by atoms with Gasteiger partial charge in [0.05, 0.1) is 36.5 Å². The van der Waals surface area contributed by atoms with Crippen molar-refractivity contribution in [2.75, 3.05) is 48.4 Å². The standard InChI is InChI=1S/C23H22ClN5O5/c1-2-15-3-5-16(6-4-15)25-22(32)28-12-18(30)13-29(28)23(33)26-17-7-8-20(19(24)11-17)27-9-10-34-14-21(27)31/h1,3-8,11,18,30H,9-10,12-14H2,(H,25,32)(H,26,33)/t18-/m1/s1. The molecule has 10 nitrogen and oxygen atoms in total. The molecule has 0 bridgehead atoms. The zero-order valence-electron chi connectivity index (χ0n) is 18.0. The third kappa shape index (κ3) is 5.07. The smallest absolute Gasteiger partial charge is 0.340 e. The minimum atomic E-state index is -0.904. The van der Waals surface area contributed by atoms with Crippen molar-refractivity contribution < 1.29 is 24.2 Å². The number of halogens is 1. The number of aliphatic hydroxyl groups excluding tert-OH is 1. The molecule has 0 unspecified atom stereocenters. The number of nitrogens with one attached hydrogen (secondary N) is 2. The molecule has 0 aromatic heterocycles. The molecule has 3 N–H and O–H groups in total. The van der Waals surface area contributed by atoms with Gasteiger partial charge in [0.15, 0.2) is 0 Å². The second kappa shape index (κ2) is 10.0. The predicted molar refractivity (Wildman–Crippen MR) is 126 cm³/mol. The van der Waals surface area contributed by atoms with Gasteiger partial charge < -0.3 is 25.4 Å². The van der Waals surface area contributed by atoms with Crippen LogP contribution in [0.5, 0.6) is 0 Å². The molecule has 0 spiro atoms. The highest BCUT2D eigenvalue weighted by atomic mass is 35.5. The van der Waals surface area contributed by atoms with E-state index in [1.165, 1.54) is 11.0 Å². The molecule has 5 amide bonds. The Labute approximate surface area is 201 Å². The van der Waals surface area contributed by atoms with Gasteiger partial charge in [-0.05, 0) is 42.5 Å². The van der Waals surface area contributed by atoms with Gasteiger partial charge in [-0.15, -0.1) is 6.42 Å². The monoisotopic (exact) mass is 483 g/mol. The predicted octanol–water partition coefficient (Wildman–Crippen LogP) is 2.34. The van der Waals surface area contributed by atoms with Crippen LogP contribution in [-0.4, -0.2) is 72.0 Å². The lowest BCUT2D eigenvalue weighted by molar-refractivity contribution is -0.125. The number of benzene rings is 2. The van der Waals surface area contributed by atoms with Crippen molar-refractivity contribution in [3.05, 3.63) is 53.1 Å². The first-order valence-corrected chi connectivity index (χ1v) is 10.8. The Kier molecular flexibility index (Phi) is 6.88. The Hall–Kier alpha value is -3.78. The van der Waals surface area contributed by atoms with Crippen molar-refractivity contribution in [2.45, 2.75) is 6.10 Å². The number of ether oxygens (including phenoxy) is 1. The second-order valence-corrected chi connectivity index (χ2v) is 8.07. The quantitative estimate of drug-likeness (QED) is 0.580. The average molecular weight is 484 g/mol. The molecule has 2 saturated heterocycles. The number of carbonyl (C=O) groups excluding carboxylic acids is 3. The lowest BCUT2D eigenvalue weighted by Gasteiger charge is -2.29. The number of aliphatic hydroxyl groups is 1. The average Bonchev–Trinajstić information content (AvgIpc) is 3.22. The number of morpholine rings is 1. The lowest BCUT2D eigenvalue weighted by atomic mass is 10.2. The summed E-state index contributed by atoms with van der Waals surface area (Å²) >= 11 is 6.36. The molecule has 2 aliphatic rings. The largest absolute Gasteiger partial charge is 0.389 e.